The number of rotatable bonds is 4. The van der Waals surface area contributed by atoms with Crippen molar-refractivity contribution < 1.29 is 4.39 Å². The molecule has 3 aromatic rings. The molecule has 0 aromatic heterocycles. The number of nitrogens with zero attached hydrogens (tertiary/aromatic N) is 4. The molecule has 4 nitrogen and oxygen atoms in total. The Morgan fingerprint density at radius 3 is 1.44 bits per heavy atom. The van der Waals surface area contributed by atoms with E-state index in [2.05, 4.69) is 20.5 Å². The number of hydrogen-bond donors (Lipinski definition) is 0. The monoisotopic (exact) mass is 332 g/mol. The van der Waals surface area contributed by atoms with Crippen molar-refractivity contribution >= 4 is 22.7 Å². The van der Waals surface area contributed by atoms with E-state index < -0.39 is 0 Å². The Morgan fingerprint density at radius 2 is 0.960 bits per heavy atom. The first-order valence-corrected chi connectivity index (χ1v) is 7.86. The summed E-state index contributed by atoms with van der Waals surface area (Å²) in [5, 5.41) is 16.5. The third kappa shape index (κ3) is 4.64. The molecule has 0 saturated carbocycles. The van der Waals surface area contributed by atoms with E-state index >= 15 is 0 Å². The molecule has 0 aliphatic carbocycles. The van der Waals surface area contributed by atoms with Crippen LogP contribution in [0.1, 0.15) is 11.1 Å². The molecular formula is C20H17FN4. The molecule has 124 valence electrons. The highest BCUT2D eigenvalue weighted by molar-refractivity contribution is 5.48. The van der Waals surface area contributed by atoms with Crippen LogP contribution in [0.25, 0.3) is 0 Å². The molecule has 0 radical (unpaired) electrons. The van der Waals surface area contributed by atoms with Crippen molar-refractivity contribution in [2.45, 2.75) is 13.8 Å². The average molecular weight is 332 g/mol. The van der Waals surface area contributed by atoms with Crippen molar-refractivity contribution in [2.24, 2.45) is 20.5 Å². The zero-order valence-electron chi connectivity index (χ0n) is 14.0. The SMILES string of the molecule is Cc1ccc(N=Nc2ccc(N=Nc3ccc(C)c(F)c3)cc2)cc1. The molecule has 0 N–H and O–H groups in total. The second-order valence-corrected chi connectivity index (χ2v) is 5.69. The fourth-order valence-electron chi connectivity index (χ4n) is 2.07. The molecule has 3 rings (SSSR count). The van der Waals surface area contributed by atoms with Crippen LogP contribution in [0.3, 0.4) is 0 Å². The Labute approximate surface area is 145 Å². The summed E-state index contributed by atoms with van der Waals surface area (Å²) in [7, 11) is 0. The third-order valence-electron chi connectivity index (χ3n) is 3.60. The van der Waals surface area contributed by atoms with Gasteiger partial charge in [0.05, 0.1) is 22.7 Å². The fourth-order valence-corrected chi connectivity index (χ4v) is 2.07. The summed E-state index contributed by atoms with van der Waals surface area (Å²) in [5.41, 5.74) is 4.43. The highest BCUT2D eigenvalue weighted by Crippen LogP contribution is 2.24. The first-order chi connectivity index (χ1) is 12.1. The lowest BCUT2D eigenvalue weighted by Crippen LogP contribution is -1.78. The van der Waals surface area contributed by atoms with Crippen LogP contribution in [-0.2, 0) is 0 Å². The molecule has 3 aromatic carbocycles. The number of aryl methyl sites for hydroxylation is 2. The third-order valence-corrected chi connectivity index (χ3v) is 3.60. The van der Waals surface area contributed by atoms with Crippen LogP contribution >= 0.6 is 0 Å². The van der Waals surface area contributed by atoms with Gasteiger partial charge in [0.2, 0.25) is 0 Å². The first-order valence-electron chi connectivity index (χ1n) is 7.86. The zero-order valence-corrected chi connectivity index (χ0v) is 14.0. The first kappa shape index (κ1) is 16.6. The highest BCUT2D eigenvalue weighted by Gasteiger charge is 1.98. The largest absolute Gasteiger partial charge is 0.207 e. The summed E-state index contributed by atoms with van der Waals surface area (Å²) in [4.78, 5) is 0. The van der Waals surface area contributed by atoms with Crippen molar-refractivity contribution in [1.82, 2.24) is 0 Å². The van der Waals surface area contributed by atoms with Gasteiger partial charge in [0.1, 0.15) is 5.82 Å². The minimum absolute atomic E-state index is 0.289. The fraction of sp³-hybridized carbons (Fsp3) is 0.100. The Kier molecular flexibility index (Phi) is 5.04. The zero-order chi connectivity index (χ0) is 17.6. The van der Waals surface area contributed by atoms with Crippen molar-refractivity contribution in [3.63, 3.8) is 0 Å². The van der Waals surface area contributed by atoms with Gasteiger partial charge >= 0.3 is 0 Å². The molecule has 0 spiro atoms. The van der Waals surface area contributed by atoms with E-state index in [0.717, 1.165) is 11.4 Å². The summed E-state index contributed by atoms with van der Waals surface area (Å²) in [5.74, 6) is -0.289. The summed E-state index contributed by atoms with van der Waals surface area (Å²) in [6.45, 7) is 3.74. The molecule has 0 unspecified atom stereocenters. The minimum Gasteiger partial charge on any atom is -0.207 e. The molecule has 0 heterocycles. The summed E-state index contributed by atoms with van der Waals surface area (Å²) >= 11 is 0. The van der Waals surface area contributed by atoms with E-state index in [0.29, 0.717) is 16.9 Å². The van der Waals surface area contributed by atoms with Crippen LogP contribution in [0, 0.1) is 19.7 Å². The molecular weight excluding hydrogens is 315 g/mol. The van der Waals surface area contributed by atoms with Crippen LogP contribution < -0.4 is 0 Å². The number of hydrogen-bond acceptors (Lipinski definition) is 4. The van der Waals surface area contributed by atoms with E-state index in [-0.39, 0.29) is 5.82 Å². The molecule has 0 bridgehead atoms. The quantitative estimate of drug-likeness (QED) is 0.451. The maximum Gasteiger partial charge on any atom is 0.128 e. The summed E-state index contributed by atoms with van der Waals surface area (Å²) in [6.07, 6.45) is 0. The molecule has 0 atom stereocenters. The lowest BCUT2D eigenvalue weighted by Gasteiger charge is -1.97. The Bertz CT molecular complexity index is 913. The normalized spacial score (nSPS) is 11.5. The van der Waals surface area contributed by atoms with Crippen molar-refractivity contribution in [3.05, 3.63) is 83.7 Å². The maximum atomic E-state index is 13.5. The van der Waals surface area contributed by atoms with Crippen molar-refractivity contribution in [3.8, 4) is 0 Å². The number of azo groups is 2. The lowest BCUT2D eigenvalue weighted by molar-refractivity contribution is 0.618. The van der Waals surface area contributed by atoms with Gasteiger partial charge in [-0.05, 0) is 61.9 Å². The van der Waals surface area contributed by atoms with Gasteiger partial charge in [-0.2, -0.15) is 20.5 Å². The van der Waals surface area contributed by atoms with Gasteiger partial charge in [-0.15, -0.1) is 0 Å². The van der Waals surface area contributed by atoms with Gasteiger partial charge in [-0.3, -0.25) is 0 Å². The van der Waals surface area contributed by atoms with Crippen LogP contribution in [0.4, 0.5) is 27.1 Å². The van der Waals surface area contributed by atoms with Crippen molar-refractivity contribution in [2.75, 3.05) is 0 Å². The Balaban J connectivity index is 1.68. The van der Waals surface area contributed by atoms with Gasteiger partial charge < -0.3 is 0 Å². The average Bonchev–Trinajstić information content (AvgIpc) is 2.63. The summed E-state index contributed by atoms with van der Waals surface area (Å²) in [6, 6.07) is 19.8. The highest BCUT2D eigenvalue weighted by atomic mass is 19.1. The van der Waals surface area contributed by atoms with Gasteiger partial charge in [-0.25, -0.2) is 4.39 Å². The summed E-state index contributed by atoms with van der Waals surface area (Å²) < 4.78 is 13.5. The van der Waals surface area contributed by atoms with E-state index in [4.69, 9.17) is 0 Å². The van der Waals surface area contributed by atoms with Gasteiger partial charge in [0.15, 0.2) is 0 Å². The van der Waals surface area contributed by atoms with E-state index in [1.807, 2.05) is 43.3 Å². The van der Waals surface area contributed by atoms with Gasteiger partial charge in [-0.1, -0.05) is 23.8 Å². The molecule has 25 heavy (non-hydrogen) atoms. The van der Waals surface area contributed by atoms with E-state index in [1.165, 1.54) is 11.6 Å². The lowest BCUT2D eigenvalue weighted by atomic mass is 10.2. The molecule has 0 fully saturated rings. The minimum atomic E-state index is -0.289. The molecule has 0 amide bonds. The standard InChI is InChI=1S/C20H17FN4/c1-14-3-6-16(7-4-14)22-23-17-9-11-18(12-10-17)24-25-19-8-5-15(2)20(21)13-19/h3-13H,1-2H3. The van der Waals surface area contributed by atoms with Crippen LogP contribution in [0.2, 0.25) is 0 Å². The van der Waals surface area contributed by atoms with Crippen molar-refractivity contribution in [1.29, 1.82) is 0 Å². The molecule has 5 heteroatoms. The predicted molar refractivity (Wildman–Crippen MR) is 97.1 cm³/mol. The molecule has 0 aliphatic rings. The van der Waals surface area contributed by atoms with Gasteiger partial charge in [0, 0.05) is 6.07 Å². The second kappa shape index (κ2) is 7.57. The number of halogens is 1. The predicted octanol–water partition coefficient (Wildman–Crippen LogP) is 7.27. The van der Waals surface area contributed by atoms with E-state index in [9.17, 15) is 4.39 Å². The molecule has 0 saturated heterocycles. The van der Waals surface area contributed by atoms with Crippen LogP contribution in [-0.4, -0.2) is 0 Å². The maximum absolute atomic E-state index is 13.5. The smallest absolute Gasteiger partial charge is 0.128 e. The van der Waals surface area contributed by atoms with Gasteiger partial charge in [0.25, 0.3) is 0 Å². The van der Waals surface area contributed by atoms with E-state index in [1.54, 1.807) is 31.2 Å². The second-order valence-electron chi connectivity index (χ2n) is 5.69. The Hall–Kier alpha value is -3.21. The topological polar surface area (TPSA) is 49.4 Å². The molecule has 0 aliphatic heterocycles. The van der Waals surface area contributed by atoms with Crippen LogP contribution in [0.5, 0.6) is 0 Å². The number of benzene rings is 3. The Morgan fingerprint density at radius 1 is 0.560 bits per heavy atom. The van der Waals surface area contributed by atoms with Crippen LogP contribution in [0.15, 0.2) is 87.2 Å².